The number of piperazine rings is 1. The number of thiophene rings is 1. The zero-order valence-electron chi connectivity index (χ0n) is 16.8. The van der Waals surface area contributed by atoms with Crippen LogP contribution in [0, 0.1) is 19.7 Å². The lowest BCUT2D eigenvalue weighted by atomic mass is 10.0. The molecule has 0 bridgehead atoms. The summed E-state index contributed by atoms with van der Waals surface area (Å²) in [5, 5.41) is 1.05. The quantitative estimate of drug-likeness (QED) is 0.494. The average Bonchev–Trinajstić information content (AvgIpc) is 3.10. The van der Waals surface area contributed by atoms with Gasteiger partial charge in [-0.2, -0.15) is 0 Å². The van der Waals surface area contributed by atoms with E-state index in [2.05, 4.69) is 26.7 Å². The van der Waals surface area contributed by atoms with Crippen molar-refractivity contribution in [2.45, 2.75) is 13.8 Å². The first kappa shape index (κ1) is 18.9. The van der Waals surface area contributed by atoms with Crippen molar-refractivity contribution in [1.82, 2.24) is 19.9 Å². The molecule has 0 aliphatic carbocycles. The lowest BCUT2D eigenvalue weighted by molar-refractivity contribution is 0.628. The van der Waals surface area contributed by atoms with Gasteiger partial charge in [0.05, 0.1) is 5.39 Å². The number of hydrogen-bond donors (Lipinski definition) is 0. The van der Waals surface area contributed by atoms with Gasteiger partial charge in [-0.1, -0.05) is 12.1 Å². The maximum Gasteiger partial charge on any atom is 0.225 e. The fourth-order valence-electron chi connectivity index (χ4n) is 3.96. The van der Waals surface area contributed by atoms with E-state index in [0.29, 0.717) is 0 Å². The summed E-state index contributed by atoms with van der Waals surface area (Å²) in [6.07, 6.45) is 3.55. The molecule has 6 nitrogen and oxygen atoms in total. The van der Waals surface area contributed by atoms with Crippen LogP contribution < -0.4 is 9.80 Å². The normalized spacial score (nSPS) is 14.5. The van der Waals surface area contributed by atoms with Crippen molar-refractivity contribution in [2.24, 2.45) is 0 Å². The molecule has 1 aliphatic heterocycles. The molecule has 0 radical (unpaired) electrons. The molecule has 0 amide bonds. The third kappa shape index (κ3) is 3.37. The zero-order valence-corrected chi connectivity index (χ0v) is 17.7. The van der Waals surface area contributed by atoms with E-state index in [-0.39, 0.29) is 5.82 Å². The highest BCUT2D eigenvalue weighted by Crippen LogP contribution is 2.42. The monoisotopic (exact) mass is 420 g/mol. The van der Waals surface area contributed by atoms with E-state index in [1.165, 1.54) is 12.1 Å². The second-order valence-electron chi connectivity index (χ2n) is 7.34. The third-order valence-corrected chi connectivity index (χ3v) is 6.37. The lowest BCUT2D eigenvalue weighted by Crippen LogP contribution is -2.47. The van der Waals surface area contributed by atoms with Crippen LogP contribution in [0.3, 0.4) is 0 Å². The number of rotatable bonds is 3. The molecule has 5 rings (SSSR count). The van der Waals surface area contributed by atoms with Crippen LogP contribution in [0.1, 0.15) is 10.7 Å². The summed E-state index contributed by atoms with van der Waals surface area (Å²) in [5.74, 6) is 2.25. The fraction of sp³-hybridized carbons (Fsp3) is 0.273. The highest BCUT2D eigenvalue weighted by Gasteiger charge is 2.25. The molecule has 3 aromatic heterocycles. The molecule has 4 heterocycles. The molecule has 30 heavy (non-hydrogen) atoms. The Morgan fingerprint density at radius 2 is 1.57 bits per heavy atom. The third-order valence-electron chi connectivity index (χ3n) is 5.37. The van der Waals surface area contributed by atoms with Crippen molar-refractivity contribution in [3.05, 3.63) is 59.2 Å². The SMILES string of the molecule is Cc1nc(N2CCN(c3ncccn3)CC2)c2c(-c3ccc(F)cc3)c(C)sc2n1. The van der Waals surface area contributed by atoms with Crippen molar-refractivity contribution in [1.29, 1.82) is 0 Å². The molecule has 8 heteroatoms. The number of aromatic nitrogens is 4. The minimum atomic E-state index is -0.234. The van der Waals surface area contributed by atoms with E-state index in [9.17, 15) is 4.39 Å². The number of fused-ring (bicyclic) bond motifs is 1. The Labute approximate surface area is 178 Å². The smallest absolute Gasteiger partial charge is 0.225 e. The van der Waals surface area contributed by atoms with E-state index in [0.717, 1.165) is 70.0 Å². The summed E-state index contributed by atoms with van der Waals surface area (Å²) in [7, 11) is 0. The number of nitrogens with zero attached hydrogens (tertiary/aromatic N) is 6. The molecule has 4 aromatic rings. The van der Waals surface area contributed by atoms with Gasteiger partial charge >= 0.3 is 0 Å². The molecule has 0 atom stereocenters. The first-order chi connectivity index (χ1) is 14.6. The second-order valence-corrected chi connectivity index (χ2v) is 8.54. The molecular formula is C22H21FN6S. The van der Waals surface area contributed by atoms with Crippen LogP contribution in [-0.2, 0) is 0 Å². The van der Waals surface area contributed by atoms with E-state index < -0.39 is 0 Å². The Bertz CT molecular complexity index is 1180. The second kappa shape index (κ2) is 7.60. The minimum Gasteiger partial charge on any atom is -0.352 e. The van der Waals surface area contributed by atoms with E-state index in [1.54, 1.807) is 23.7 Å². The molecule has 1 aliphatic rings. The van der Waals surface area contributed by atoms with Crippen molar-refractivity contribution in [2.75, 3.05) is 36.0 Å². The highest BCUT2D eigenvalue weighted by molar-refractivity contribution is 7.19. The van der Waals surface area contributed by atoms with Crippen molar-refractivity contribution >= 4 is 33.3 Å². The van der Waals surface area contributed by atoms with Gasteiger partial charge in [-0.3, -0.25) is 0 Å². The number of benzene rings is 1. The summed E-state index contributed by atoms with van der Waals surface area (Å²) in [5.41, 5.74) is 2.09. The average molecular weight is 421 g/mol. The van der Waals surface area contributed by atoms with Crippen LogP contribution in [0.2, 0.25) is 0 Å². The standard InChI is InChI=1S/C22H21FN6S/c1-14-18(16-4-6-17(23)7-5-16)19-20(26-15(2)27-21(19)30-14)28-10-12-29(13-11-28)22-24-8-3-9-25-22/h3-9H,10-13H2,1-2H3. The van der Waals surface area contributed by atoms with Crippen LogP contribution in [0.4, 0.5) is 16.2 Å². The van der Waals surface area contributed by atoms with Gasteiger partial charge in [-0.25, -0.2) is 24.3 Å². The summed E-state index contributed by atoms with van der Waals surface area (Å²) in [6, 6.07) is 8.50. The molecule has 0 spiro atoms. The Kier molecular flexibility index (Phi) is 4.78. The molecule has 0 unspecified atom stereocenters. The Hall–Kier alpha value is -3.13. The van der Waals surface area contributed by atoms with Crippen molar-refractivity contribution in [3.63, 3.8) is 0 Å². The van der Waals surface area contributed by atoms with E-state index in [1.807, 2.05) is 25.1 Å². The molecule has 0 N–H and O–H groups in total. The number of aryl methyl sites for hydroxylation is 2. The van der Waals surface area contributed by atoms with Crippen LogP contribution >= 0.6 is 11.3 Å². The van der Waals surface area contributed by atoms with Crippen molar-refractivity contribution in [3.8, 4) is 11.1 Å². The predicted molar refractivity (Wildman–Crippen MR) is 119 cm³/mol. The minimum absolute atomic E-state index is 0.234. The summed E-state index contributed by atoms with van der Waals surface area (Å²) in [6.45, 7) is 7.31. The molecular weight excluding hydrogens is 399 g/mol. The van der Waals surface area contributed by atoms with E-state index in [4.69, 9.17) is 9.97 Å². The fourth-order valence-corrected chi connectivity index (χ4v) is 5.05. The molecule has 0 saturated carbocycles. The Balaban J connectivity index is 1.54. The molecule has 1 saturated heterocycles. The summed E-state index contributed by atoms with van der Waals surface area (Å²) < 4.78 is 13.5. The first-order valence-electron chi connectivity index (χ1n) is 9.91. The van der Waals surface area contributed by atoms with Crippen LogP contribution in [0.25, 0.3) is 21.3 Å². The molecule has 152 valence electrons. The van der Waals surface area contributed by atoms with Gasteiger partial charge in [0.25, 0.3) is 0 Å². The molecule has 1 aromatic carbocycles. The van der Waals surface area contributed by atoms with Gasteiger partial charge in [0.1, 0.15) is 22.3 Å². The van der Waals surface area contributed by atoms with Crippen LogP contribution in [0.15, 0.2) is 42.7 Å². The largest absolute Gasteiger partial charge is 0.352 e. The number of halogens is 1. The topological polar surface area (TPSA) is 58.0 Å². The zero-order chi connectivity index (χ0) is 20.7. The number of anilines is 2. The summed E-state index contributed by atoms with van der Waals surface area (Å²) >= 11 is 1.67. The molecule has 1 fully saturated rings. The van der Waals surface area contributed by atoms with Crippen LogP contribution in [-0.4, -0.2) is 46.1 Å². The van der Waals surface area contributed by atoms with E-state index >= 15 is 0 Å². The number of hydrogen-bond acceptors (Lipinski definition) is 7. The van der Waals surface area contributed by atoms with Gasteiger partial charge in [0.15, 0.2) is 0 Å². The van der Waals surface area contributed by atoms with Gasteiger partial charge < -0.3 is 9.80 Å². The van der Waals surface area contributed by atoms with Crippen LogP contribution in [0.5, 0.6) is 0 Å². The lowest BCUT2D eigenvalue weighted by Gasteiger charge is -2.35. The van der Waals surface area contributed by atoms with Gasteiger partial charge in [0.2, 0.25) is 5.95 Å². The Morgan fingerprint density at radius 3 is 2.27 bits per heavy atom. The van der Waals surface area contributed by atoms with Crippen molar-refractivity contribution < 1.29 is 4.39 Å². The maximum absolute atomic E-state index is 13.5. The first-order valence-corrected chi connectivity index (χ1v) is 10.7. The maximum atomic E-state index is 13.5. The Morgan fingerprint density at radius 1 is 0.900 bits per heavy atom. The highest BCUT2D eigenvalue weighted by atomic mass is 32.1. The van der Waals surface area contributed by atoms with Gasteiger partial charge in [-0.15, -0.1) is 11.3 Å². The summed E-state index contributed by atoms with van der Waals surface area (Å²) in [4.78, 5) is 24.9. The van der Waals surface area contributed by atoms with Gasteiger partial charge in [0, 0.05) is 49.0 Å². The predicted octanol–water partition coefficient (Wildman–Crippen LogP) is 4.23. The van der Waals surface area contributed by atoms with Gasteiger partial charge in [-0.05, 0) is 37.6 Å².